The molecule has 1 heterocycles. The first-order chi connectivity index (χ1) is 8.22. The quantitative estimate of drug-likeness (QED) is 0.904. The molecule has 1 aromatic carbocycles. The molecule has 1 aromatic heterocycles. The number of imidazole rings is 1. The lowest BCUT2D eigenvalue weighted by Gasteiger charge is -2.09. The summed E-state index contributed by atoms with van der Waals surface area (Å²) in [5.74, 6) is 0.271. The normalized spacial score (nSPS) is 10.5. The van der Waals surface area contributed by atoms with Gasteiger partial charge in [-0.05, 0) is 24.6 Å². The Kier molecular flexibility index (Phi) is 3.64. The average molecular weight is 254 g/mol. The fourth-order valence-electron chi connectivity index (χ4n) is 1.51. The smallest absolute Gasteiger partial charge is 0.207 e. The molecule has 17 heavy (non-hydrogen) atoms. The van der Waals surface area contributed by atoms with Crippen LogP contribution in [0, 0.1) is 5.82 Å². The second kappa shape index (κ2) is 5.19. The fourth-order valence-corrected chi connectivity index (χ4v) is 1.63. The van der Waals surface area contributed by atoms with Gasteiger partial charge in [-0.25, -0.2) is 9.37 Å². The maximum Gasteiger partial charge on any atom is 0.207 e. The van der Waals surface area contributed by atoms with Gasteiger partial charge in [-0.1, -0.05) is 18.5 Å². The van der Waals surface area contributed by atoms with E-state index in [0.29, 0.717) is 11.6 Å². The second-order valence-corrected chi connectivity index (χ2v) is 4.05. The zero-order valence-corrected chi connectivity index (χ0v) is 10.2. The van der Waals surface area contributed by atoms with Crippen LogP contribution in [0.15, 0.2) is 30.6 Å². The third kappa shape index (κ3) is 2.58. The molecule has 5 heteroatoms. The van der Waals surface area contributed by atoms with Gasteiger partial charge >= 0.3 is 0 Å². The van der Waals surface area contributed by atoms with Crippen molar-refractivity contribution in [1.82, 2.24) is 9.55 Å². The lowest BCUT2D eigenvalue weighted by atomic mass is 10.3. The highest BCUT2D eigenvalue weighted by Crippen LogP contribution is 2.20. The number of halogens is 2. The molecule has 0 saturated heterocycles. The van der Waals surface area contributed by atoms with Crippen molar-refractivity contribution in [1.29, 1.82) is 0 Å². The number of nitrogens with zero attached hydrogens (tertiary/aromatic N) is 2. The molecule has 0 amide bonds. The maximum absolute atomic E-state index is 13.4. The maximum atomic E-state index is 13.4. The molecule has 0 aliphatic heterocycles. The van der Waals surface area contributed by atoms with Crippen molar-refractivity contribution in [3.63, 3.8) is 0 Å². The molecule has 0 fully saturated rings. The highest BCUT2D eigenvalue weighted by molar-refractivity contribution is 6.30. The number of aromatic nitrogens is 2. The molecule has 0 atom stereocenters. The van der Waals surface area contributed by atoms with Crippen LogP contribution in [0.25, 0.3) is 5.69 Å². The van der Waals surface area contributed by atoms with Crippen LogP contribution in [-0.4, -0.2) is 16.1 Å². The van der Waals surface area contributed by atoms with E-state index in [1.165, 1.54) is 12.1 Å². The molecule has 90 valence electrons. The lowest BCUT2D eigenvalue weighted by molar-refractivity contribution is 0.627. The minimum Gasteiger partial charge on any atom is -0.355 e. The monoisotopic (exact) mass is 253 g/mol. The van der Waals surface area contributed by atoms with Gasteiger partial charge in [0.05, 0.1) is 10.7 Å². The zero-order valence-electron chi connectivity index (χ0n) is 9.45. The van der Waals surface area contributed by atoms with Crippen LogP contribution in [0.2, 0.25) is 5.02 Å². The Morgan fingerprint density at radius 1 is 1.47 bits per heavy atom. The summed E-state index contributed by atoms with van der Waals surface area (Å²) >= 11 is 5.65. The number of hydrogen-bond donors (Lipinski definition) is 1. The second-order valence-electron chi connectivity index (χ2n) is 3.65. The predicted octanol–water partition coefficient (Wildman–Crippen LogP) is 3.49. The van der Waals surface area contributed by atoms with Crippen LogP contribution in [0.5, 0.6) is 0 Å². The first-order valence-corrected chi connectivity index (χ1v) is 5.83. The Morgan fingerprint density at radius 2 is 2.29 bits per heavy atom. The summed E-state index contributed by atoms with van der Waals surface area (Å²) < 4.78 is 15.2. The molecule has 0 bridgehead atoms. The van der Waals surface area contributed by atoms with Crippen LogP contribution < -0.4 is 5.32 Å². The minimum atomic E-state index is -0.431. The van der Waals surface area contributed by atoms with Gasteiger partial charge < -0.3 is 5.32 Å². The number of hydrogen-bond acceptors (Lipinski definition) is 2. The Balaban J connectivity index is 2.32. The molecule has 1 N–H and O–H groups in total. The van der Waals surface area contributed by atoms with Crippen molar-refractivity contribution >= 4 is 17.5 Å². The van der Waals surface area contributed by atoms with E-state index >= 15 is 0 Å². The number of rotatable bonds is 4. The van der Waals surface area contributed by atoms with Crippen molar-refractivity contribution in [2.45, 2.75) is 13.3 Å². The van der Waals surface area contributed by atoms with E-state index in [-0.39, 0.29) is 5.02 Å². The third-order valence-corrected chi connectivity index (χ3v) is 2.66. The molecular formula is C12H13ClFN3. The standard InChI is InChI=1S/C12H13ClFN3/c1-2-5-15-12-16-6-7-17(12)9-3-4-10(13)11(14)8-9/h3-4,6-8H,2,5H2,1H3,(H,15,16). The molecule has 0 unspecified atom stereocenters. The SMILES string of the molecule is CCCNc1nccn1-c1ccc(Cl)c(F)c1. The van der Waals surface area contributed by atoms with E-state index in [2.05, 4.69) is 17.2 Å². The van der Waals surface area contributed by atoms with E-state index in [9.17, 15) is 4.39 Å². The van der Waals surface area contributed by atoms with Gasteiger partial charge in [0.2, 0.25) is 5.95 Å². The molecule has 0 aliphatic carbocycles. The van der Waals surface area contributed by atoms with Crippen molar-refractivity contribution in [2.24, 2.45) is 0 Å². The minimum absolute atomic E-state index is 0.122. The largest absolute Gasteiger partial charge is 0.355 e. The van der Waals surface area contributed by atoms with Gasteiger partial charge in [0.1, 0.15) is 5.82 Å². The van der Waals surface area contributed by atoms with Crippen LogP contribution >= 0.6 is 11.6 Å². The fraction of sp³-hybridized carbons (Fsp3) is 0.250. The summed E-state index contributed by atoms with van der Waals surface area (Å²) in [5, 5.41) is 3.29. The molecule has 0 spiro atoms. The molecule has 0 saturated carbocycles. The summed E-state index contributed by atoms with van der Waals surface area (Å²) in [4.78, 5) is 4.18. The van der Waals surface area contributed by atoms with Gasteiger partial charge in [-0.3, -0.25) is 4.57 Å². The lowest BCUT2D eigenvalue weighted by Crippen LogP contribution is -2.06. The molecule has 3 nitrogen and oxygen atoms in total. The first-order valence-electron chi connectivity index (χ1n) is 5.45. The van der Waals surface area contributed by atoms with E-state index in [1.54, 1.807) is 23.0 Å². The van der Waals surface area contributed by atoms with E-state index < -0.39 is 5.82 Å². The van der Waals surface area contributed by atoms with Gasteiger partial charge in [-0.2, -0.15) is 0 Å². The molecular weight excluding hydrogens is 241 g/mol. The van der Waals surface area contributed by atoms with E-state index in [1.807, 2.05) is 0 Å². The van der Waals surface area contributed by atoms with Crippen molar-refractivity contribution in [2.75, 3.05) is 11.9 Å². The third-order valence-electron chi connectivity index (χ3n) is 2.36. The van der Waals surface area contributed by atoms with Crippen molar-refractivity contribution < 1.29 is 4.39 Å². The Hall–Kier alpha value is -1.55. The summed E-state index contributed by atoms with van der Waals surface area (Å²) in [6.07, 6.45) is 4.45. The highest BCUT2D eigenvalue weighted by Gasteiger charge is 2.06. The number of benzene rings is 1. The van der Waals surface area contributed by atoms with Crippen LogP contribution in [0.4, 0.5) is 10.3 Å². The van der Waals surface area contributed by atoms with Crippen molar-refractivity contribution in [3.8, 4) is 5.69 Å². The molecule has 0 aliphatic rings. The van der Waals surface area contributed by atoms with Crippen LogP contribution in [0.1, 0.15) is 13.3 Å². The Morgan fingerprint density at radius 3 is 3.00 bits per heavy atom. The van der Waals surface area contributed by atoms with Gasteiger partial charge in [0.25, 0.3) is 0 Å². The van der Waals surface area contributed by atoms with E-state index in [4.69, 9.17) is 11.6 Å². The van der Waals surface area contributed by atoms with Crippen LogP contribution in [-0.2, 0) is 0 Å². The highest BCUT2D eigenvalue weighted by atomic mass is 35.5. The summed E-state index contributed by atoms with van der Waals surface area (Å²) in [5.41, 5.74) is 0.697. The zero-order chi connectivity index (χ0) is 12.3. The molecule has 2 aromatic rings. The molecule has 0 radical (unpaired) electrons. The number of anilines is 1. The number of nitrogens with one attached hydrogen (secondary N) is 1. The summed E-state index contributed by atoms with van der Waals surface area (Å²) in [7, 11) is 0. The topological polar surface area (TPSA) is 29.9 Å². The Bertz CT molecular complexity index is 510. The Labute approximate surface area is 104 Å². The molecule has 2 rings (SSSR count). The van der Waals surface area contributed by atoms with Gasteiger partial charge in [0, 0.05) is 18.9 Å². The first kappa shape index (κ1) is 11.9. The van der Waals surface area contributed by atoms with Crippen molar-refractivity contribution in [3.05, 3.63) is 41.4 Å². The average Bonchev–Trinajstić information content (AvgIpc) is 2.78. The van der Waals surface area contributed by atoms with E-state index in [0.717, 1.165) is 13.0 Å². The van der Waals surface area contributed by atoms with Crippen LogP contribution in [0.3, 0.4) is 0 Å². The van der Waals surface area contributed by atoms with Gasteiger partial charge in [0.15, 0.2) is 0 Å². The summed E-state index contributed by atoms with van der Waals surface area (Å²) in [6.45, 7) is 2.90. The summed E-state index contributed by atoms with van der Waals surface area (Å²) in [6, 6.07) is 4.68. The predicted molar refractivity (Wildman–Crippen MR) is 67.3 cm³/mol. The van der Waals surface area contributed by atoms with Gasteiger partial charge in [-0.15, -0.1) is 0 Å².